The van der Waals surface area contributed by atoms with Crippen molar-refractivity contribution in [1.82, 2.24) is 0 Å². The number of hydrogen-bond acceptors (Lipinski definition) is 7. The van der Waals surface area contributed by atoms with Crippen LogP contribution in [-0.2, 0) is 28.5 Å². The van der Waals surface area contributed by atoms with E-state index in [1.54, 1.807) is 0 Å². The summed E-state index contributed by atoms with van der Waals surface area (Å²) in [6.45, 7) is 9.35. The molecule has 0 unspecified atom stereocenters. The van der Waals surface area contributed by atoms with E-state index in [1.165, 1.54) is 44.9 Å². The zero-order valence-corrected chi connectivity index (χ0v) is 26.0. The number of rotatable bonds is 31. The average molecular weight is 571 g/mol. The third-order valence-corrected chi connectivity index (χ3v) is 7.31. The van der Waals surface area contributed by atoms with Crippen LogP contribution in [0.5, 0.6) is 0 Å². The van der Waals surface area contributed by atoms with Crippen LogP contribution < -0.4 is 0 Å². The van der Waals surface area contributed by atoms with Gasteiger partial charge in [-0.15, -0.1) is 0 Å². The standard InChI is InChI=1S/C33H62O7/c1-3-4-5-6-7-8-12-16-21-36-23-25-38-27-28-39-26-24-37-22-17-15-20-32(34)19-14-11-9-10-13-18-31-29-30(2)40-33(31)35/h29-30,32,34H,3-28H2,1-2H3/t30-,32+/m1/s1. The highest BCUT2D eigenvalue weighted by Gasteiger charge is 2.21. The van der Waals surface area contributed by atoms with E-state index < -0.39 is 0 Å². The highest BCUT2D eigenvalue weighted by molar-refractivity contribution is 5.90. The topological polar surface area (TPSA) is 83.5 Å². The fourth-order valence-corrected chi connectivity index (χ4v) is 4.87. The first-order chi connectivity index (χ1) is 19.6. The van der Waals surface area contributed by atoms with Crippen LogP contribution in [0.15, 0.2) is 11.6 Å². The second-order valence-electron chi connectivity index (χ2n) is 11.2. The van der Waals surface area contributed by atoms with E-state index in [1.807, 2.05) is 13.0 Å². The van der Waals surface area contributed by atoms with Crippen molar-refractivity contribution in [2.75, 3.05) is 52.9 Å². The molecule has 0 saturated carbocycles. The first kappa shape index (κ1) is 37.0. The minimum atomic E-state index is -0.209. The fraction of sp³-hybridized carbons (Fsp3) is 0.909. The summed E-state index contributed by atoms with van der Waals surface area (Å²) < 4.78 is 27.5. The Labute approximate surface area is 245 Å². The number of hydrogen-bond donors (Lipinski definition) is 1. The maximum Gasteiger partial charge on any atom is 0.334 e. The number of ether oxygens (including phenoxy) is 5. The summed E-state index contributed by atoms with van der Waals surface area (Å²) in [7, 11) is 0. The van der Waals surface area contributed by atoms with Crippen LogP contribution in [0.1, 0.15) is 129 Å². The molecule has 0 aromatic heterocycles. The number of carbonyl (C=O) groups is 1. The molecule has 0 spiro atoms. The molecule has 0 fully saturated rings. The molecule has 0 radical (unpaired) electrons. The van der Waals surface area contributed by atoms with Crippen molar-refractivity contribution in [1.29, 1.82) is 0 Å². The Bertz CT molecular complexity index is 595. The molecule has 1 N–H and O–H groups in total. The van der Waals surface area contributed by atoms with Crippen molar-refractivity contribution in [2.24, 2.45) is 0 Å². The maximum atomic E-state index is 11.6. The van der Waals surface area contributed by atoms with E-state index in [4.69, 9.17) is 23.7 Å². The van der Waals surface area contributed by atoms with Gasteiger partial charge in [-0.3, -0.25) is 0 Å². The second kappa shape index (κ2) is 28.1. The van der Waals surface area contributed by atoms with Gasteiger partial charge < -0.3 is 28.8 Å². The van der Waals surface area contributed by atoms with Gasteiger partial charge in [-0.1, -0.05) is 77.6 Å². The van der Waals surface area contributed by atoms with Crippen LogP contribution in [0.25, 0.3) is 0 Å². The molecule has 2 atom stereocenters. The molecule has 7 nitrogen and oxygen atoms in total. The fourth-order valence-electron chi connectivity index (χ4n) is 4.87. The van der Waals surface area contributed by atoms with Crippen molar-refractivity contribution in [3.63, 3.8) is 0 Å². The molecule has 0 aliphatic carbocycles. The van der Waals surface area contributed by atoms with Gasteiger partial charge in [0, 0.05) is 18.8 Å². The third-order valence-electron chi connectivity index (χ3n) is 7.31. The Kier molecular flexibility index (Phi) is 26.1. The zero-order valence-electron chi connectivity index (χ0n) is 26.0. The minimum absolute atomic E-state index is 0.0646. The van der Waals surface area contributed by atoms with Gasteiger partial charge in [0.25, 0.3) is 0 Å². The summed E-state index contributed by atoms with van der Waals surface area (Å²) in [6.07, 6.45) is 22.2. The molecule has 7 heteroatoms. The zero-order chi connectivity index (χ0) is 28.9. The lowest BCUT2D eigenvalue weighted by atomic mass is 10.0. The summed E-state index contributed by atoms with van der Waals surface area (Å²) >= 11 is 0. The molecule has 0 amide bonds. The van der Waals surface area contributed by atoms with Crippen molar-refractivity contribution >= 4 is 5.97 Å². The minimum Gasteiger partial charge on any atom is -0.455 e. The molecule has 1 aliphatic rings. The van der Waals surface area contributed by atoms with Gasteiger partial charge in [-0.05, 0) is 57.9 Å². The van der Waals surface area contributed by atoms with Gasteiger partial charge in [-0.25, -0.2) is 4.79 Å². The average Bonchev–Trinajstić information content (AvgIpc) is 3.27. The Hall–Kier alpha value is -0.990. The lowest BCUT2D eigenvalue weighted by Gasteiger charge is -2.11. The summed E-state index contributed by atoms with van der Waals surface area (Å²) in [5.74, 6) is -0.142. The number of aliphatic hydroxyl groups excluding tert-OH is 1. The van der Waals surface area contributed by atoms with Crippen molar-refractivity contribution < 1.29 is 33.6 Å². The number of esters is 1. The smallest absolute Gasteiger partial charge is 0.334 e. The lowest BCUT2D eigenvalue weighted by molar-refractivity contribution is -0.139. The van der Waals surface area contributed by atoms with E-state index in [-0.39, 0.29) is 18.2 Å². The predicted molar refractivity (Wildman–Crippen MR) is 162 cm³/mol. The summed E-state index contributed by atoms with van der Waals surface area (Å²) in [5, 5.41) is 10.2. The van der Waals surface area contributed by atoms with Crippen molar-refractivity contribution in [3.05, 3.63) is 11.6 Å². The molecule has 1 rings (SSSR count). The van der Waals surface area contributed by atoms with E-state index in [0.717, 1.165) is 82.8 Å². The number of unbranched alkanes of at least 4 members (excludes halogenated alkanes) is 12. The van der Waals surface area contributed by atoms with Gasteiger partial charge in [-0.2, -0.15) is 0 Å². The molecule has 236 valence electrons. The SMILES string of the molecule is CCCCCCCCCCOCCOCCOCCOCCCC[C@@H](O)CCCCCCCC1=C[C@@H](C)OC1=O. The monoisotopic (exact) mass is 570 g/mol. The predicted octanol–water partition coefficient (Wildman–Crippen LogP) is 7.33. The summed E-state index contributed by atoms with van der Waals surface area (Å²) in [5.41, 5.74) is 0.838. The molecular weight excluding hydrogens is 508 g/mol. The van der Waals surface area contributed by atoms with Gasteiger partial charge in [0.1, 0.15) is 6.10 Å². The molecule has 1 heterocycles. The van der Waals surface area contributed by atoms with Crippen LogP contribution in [-0.4, -0.2) is 76.1 Å². The van der Waals surface area contributed by atoms with E-state index in [2.05, 4.69) is 6.92 Å². The van der Waals surface area contributed by atoms with Crippen LogP contribution >= 0.6 is 0 Å². The molecule has 40 heavy (non-hydrogen) atoms. The van der Waals surface area contributed by atoms with Crippen LogP contribution in [0.2, 0.25) is 0 Å². The molecule has 0 aromatic rings. The van der Waals surface area contributed by atoms with Crippen molar-refractivity contribution in [3.8, 4) is 0 Å². The Balaban J connectivity index is 1.69. The highest BCUT2D eigenvalue weighted by Crippen LogP contribution is 2.20. The molecule has 0 saturated heterocycles. The first-order valence-electron chi connectivity index (χ1n) is 16.5. The summed E-state index contributed by atoms with van der Waals surface area (Å²) in [4.78, 5) is 11.6. The van der Waals surface area contributed by atoms with Gasteiger partial charge in [0.05, 0.1) is 45.7 Å². The number of cyclic esters (lactones) is 1. The second-order valence-corrected chi connectivity index (χ2v) is 11.2. The van der Waals surface area contributed by atoms with E-state index >= 15 is 0 Å². The highest BCUT2D eigenvalue weighted by atomic mass is 16.6. The Morgan fingerprint density at radius 3 is 1.60 bits per heavy atom. The molecular formula is C33H62O7. The lowest BCUT2D eigenvalue weighted by Crippen LogP contribution is -2.12. The third kappa shape index (κ3) is 23.7. The largest absolute Gasteiger partial charge is 0.455 e. The normalized spacial score (nSPS) is 15.9. The van der Waals surface area contributed by atoms with E-state index in [0.29, 0.717) is 46.2 Å². The maximum absolute atomic E-state index is 11.6. The number of carbonyl (C=O) groups excluding carboxylic acids is 1. The Morgan fingerprint density at radius 1 is 0.650 bits per heavy atom. The quantitative estimate of drug-likeness (QED) is 0.0690. The first-order valence-corrected chi connectivity index (χ1v) is 16.5. The van der Waals surface area contributed by atoms with Crippen LogP contribution in [0.3, 0.4) is 0 Å². The van der Waals surface area contributed by atoms with Gasteiger partial charge in [0.2, 0.25) is 0 Å². The van der Waals surface area contributed by atoms with Crippen molar-refractivity contribution in [2.45, 2.75) is 142 Å². The van der Waals surface area contributed by atoms with Crippen LogP contribution in [0.4, 0.5) is 0 Å². The van der Waals surface area contributed by atoms with Crippen LogP contribution in [0, 0.1) is 0 Å². The van der Waals surface area contributed by atoms with Gasteiger partial charge in [0.15, 0.2) is 0 Å². The molecule has 1 aliphatic heterocycles. The number of aliphatic hydroxyl groups is 1. The Morgan fingerprint density at radius 2 is 1.07 bits per heavy atom. The molecule has 0 bridgehead atoms. The van der Waals surface area contributed by atoms with Gasteiger partial charge >= 0.3 is 5.97 Å². The van der Waals surface area contributed by atoms with E-state index in [9.17, 15) is 9.90 Å². The summed E-state index contributed by atoms with van der Waals surface area (Å²) in [6, 6.07) is 0. The molecule has 0 aromatic carbocycles.